The van der Waals surface area contributed by atoms with E-state index in [1.54, 1.807) is 0 Å². The van der Waals surface area contributed by atoms with E-state index in [0.717, 1.165) is 225 Å². The second-order valence-corrected chi connectivity index (χ2v) is 30.2. The number of carbonyl (C=O) groups is 4. The van der Waals surface area contributed by atoms with Crippen molar-refractivity contribution in [3.63, 3.8) is 0 Å². The first-order valence-corrected chi connectivity index (χ1v) is 44.7. The molecule has 0 aromatic rings. The van der Waals surface area contributed by atoms with E-state index in [1.165, 1.54) is 19.3 Å². The van der Waals surface area contributed by atoms with Gasteiger partial charge in [-0.05, 0) is 167 Å². The highest BCUT2D eigenvalue weighted by molar-refractivity contribution is 7.47. The van der Waals surface area contributed by atoms with Crippen LogP contribution >= 0.6 is 15.6 Å². The molecule has 0 radical (unpaired) electrons. The fourth-order valence-corrected chi connectivity index (χ4v) is 12.3. The third-order valence-electron chi connectivity index (χ3n) is 17.0. The molecule has 0 aliphatic rings. The van der Waals surface area contributed by atoms with Crippen molar-refractivity contribution < 1.29 is 80.2 Å². The number of aliphatic hydroxyl groups is 1. The van der Waals surface area contributed by atoms with Crippen molar-refractivity contribution in [2.45, 2.75) is 341 Å². The summed E-state index contributed by atoms with van der Waals surface area (Å²) < 4.78 is 68.7. The number of rotatable bonds is 77. The van der Waals surface area contributed by atoms with Gasteiger partial charge in [-0.15, -0.1) is 0 Å². The minimum absolute atomic E-state index is 0.0708. The second kappa shape index (κ2) is 79.8. The van der Waals surface area contributed by atoms with Gasteiger partial charge in [-0.3, -0.25) is 37.3 Å². The Labute approximate surface area is 655 Å². The lowest BCUT2D eigenvalue weighted by Gasteiger charge is -2.21. The Bertz CT molecular complexity index is 2660. The summed E-state index contributed by atoms with van der Waals surface area (Å²) in [4.78, 5) is 73.2. The van der Waals surface area contributed by atoms with E-state index in [-0.39, 0.29) is 25.7 Å². The number of aliphatic hydroxyl groups excluding tert-OH is 1. The van der Waals surface area contributed by atoms with Crippen molar-refractivity contribution in [3.8, 4) is 0 Å². The highest BCUT2D eigenvalue weighted by Crippen LogP contribution is 2.45. The Balaban J connectivity index is 5.43. The molecule has 19 heteroatoms. The van der Waals surface area contributed by atoms with Gasteiger partial charge in [0.25, 0.3) is 0 Å². The molecular weight excluding hydrogens is 1400 g/mol. The van der Waals surface area contributed by atoms with Gasteiger partial charge in [0, 0.05) is 25.7 Å². The number of unbranched alkanes of at least 4 members (excludes halogenated alkanes) is 25. The highest BCUT2D eigenvalue weighted by atomic mass is 31.2. The van der Waals surface area contributed by atoms with Crippen LogP contribution in [0.2, 0.25) is 0 Å². The fourth-order valence-electron chi connectivity index (χ4n) is 10.7. The lowest BCUT2D eigenvalue weighted by Crippen LogP contribution is -2.30. The molecule has 3 N–H and O–H groups in total. The molecule has 5 atom stereocenters. The summed E-state index contributed by atoms with van der Waals surface area (Å²) in [5.74, 6) is -2.24. The Hall–Kier alpha value is -5.32. The monoisotopic (exact) mass is 1550 g/mol. The van der Waals surface area contributed by atoms with Crippen LogP contribution in [-0.2, 0) is 65.4 Å². The second-order valence-electron chi connectivity index (χ2n) is 27.3. The van der Waals surface area contributed by atoms with Crippen molar-refractivity contribution in [3.05, 3.63) is 158 Å². The fraction of sp³-hybridized carbons (Fsp3) is 0.663. The van der Waals surface area contributed by atoms with E-state index in [0.29, 0.717) is 25.7 Å². The summed E-state index contributed by atoms with van der Waals surface area (Å²) in [6.07, 6.45) is 93.4. The Morgan fingerprint density at radius 1 is 0.269 bits per heavy atom. The molecule has 0 rings (SSSR count). The standard InChI is InChI=1S/C89H148O17P2/c1-5-9-13-17-21-25-29-33-37-40-41-44-47-50-54-58-62-66-70-74-87(92)100-79-84(105-88(93)75-71-67-63-59-55-51-45-36-32-28-24-20-16-12-8-4)81-103-107(95,96)101-77-83(90)78-102-108(97,98)104-82-85(106-89(94)76-72-68-64-60-56-52-48-43-39-35-31-27-23-19-15-11-7-3)80-99-86(91)73-69-65-61-57-53-49-46-42-38-34-30-26-22-18-14-10-6-2/h9-11,13-15,21-28,33-39,41,44-46,49,83-85,90H,5-8,12,16-20,29-32,40,42-43,47-48,50-82H2,1-4H3,(H,95,96)(H,97,98)/b13-9-,14-10-,15-11-,25-21-,26-22-,27-23-,28-24-,37-33-,38-34-,39-35-,44-41-,45-36-,49-46-. The maximum absolute atomic E-state index is 13.1. The Morgan fingerprint density at radius 2 is 0.481 bits per heavy atom. The van der Waals surface area contributed by atoms with Crippen molar-refractivity contribution in [2.24, 2.45) is 0 Å². The number of carbonyl (C=O) groups excluding carboxylic acids is 4. The molecule has 0 aromatic carbocycles. The molecular formula is C89H148O17P2. The van der Waals surface area contributed by atoms with E-state index in [4.69, 9.17) is 37.0 Å². The van der Waals surface area contributed by atoms with Crippen LogP contribution < -0.4 is 0 Å². The molecule has 17 nitrogen and oxygen atoms in total. The molecule has 0 saturated carbocycles. The first-order valence-electron chi connectivity index (χ1n) is 41.7. The smallest absolute Gasteiger partial charge is 0.462 e. The minimum Gasteiger partial charge on any atom is -0.462 e. The Kier molecular flexibility index (Phi) is 75.8. The SMILES string of the molecule is CC/C=C\C/C=C\C/C=C\C/C=C\CCCCCCCCC(=O)OCC(COP(=O)(O)OCC(O)COP(=O)(O)OCC(COC(=O)CCCCCC/C=C\C/C=C\C/C=C\C/C=C\CC)OC(=O)CCCCCCCCC/C=C\C/C=C\C/C=C\CC)OC(=O)CCCCCCC/C=C\C/C=C\CCCCC. The summed E-state index contributed by atoms with van der Waals surface area (Å²) >= 11 is 0. The molecule has 0 aliphatic carbocycles. The molecule has 0 fully saturated rings. The maximum atomic E-state index is 13.1. The van der Waals surface area contributed by atoms with Crippen LogP contribution in [0.1, 0.15) is 323 Å². The van der Waals surface area contributed by atoms with Gasteiger partial charge in [-0.1, -0.05) is 288 Å². The zero-order valence-electron chi connectivity index (χ0n) is 67.5. The van der Waals surface area contributed by atoms with Gasteiger partial charge in [-0.2, -0.15) is 0 Å². The van der Waals surface area contributed by atoms with Crippen molar-refractivity contribution in [2.75, 3.05) is 39.6 Å². The van der Waals surface area contributed by atoms with Crippen LogP contribution in [0.25, 0.3) is 0 Å². The average molecular weight is 1550 g/mol. The van der Waals surface area contributed by atoms with E-state index >= 15 is 0 Å². The van der Waals surface area contributed by atoms with Crippen LogP contribution in [0.4, 0.5) is 0 Å². The predicted molar refractivity (Wildman–Crippen MR) is 445 cm³/mol. The average Bonchev–Trinajstić information content (AvgIpc) is 0.901. The number of hydrogen-bond acceptors (Lipinski definition) is 15. The van der Waals surface area contributed by atoms with Gasteiger partial charge in [0.1, 0.15) is 19.3 Å². The van der Waals surface area contributed by atoms with Gasteiger partial charge < -0.3 is 33.8 Å². The topological polar surface area (TPSA) is 237 Å². The van der Waals surface area contributed by atoms with Gasteiger partial charge in [0.2, 0.25) is 0 Å². The molecule has 0 amide bonds. The third-order valence-corrected chi connectivity index (χ3v) is 18.9. The molecule has 0 bridgehead atoms. The van der Waals surface area contributed by atoms with Crippen LogP contribution in [0.5, 0.6) is 0 Å². The first kappa shape index (κ1) is 103. The zero-order chi connectivity index (χ0) is 78.9. The summed E-state index contributed by atoms with van der Waals surface area (Å²) in [5, 5.41) is 10.7. The van der Waals surface area contributed by atoms with Crippen LogP contribution in [0.15, 0.2) is 158 Å². The summed E-state index contributed by atoms with van der Waals surface area (Å²) in [7, 11) is -9.99. The van der Waals surface area contributed by atoms with Crippen LogP contribution in [-0.4, -0.2) is 96.7 Å². The van der Waals surface area contributed by atoms with Gasteiger partial charge in [0.05, 0.1) is 26.4 Å². The van der Waals surface area contributed by atoms with Crippen molar-refractivity contribution in [1.82, 2.24) is 0 Å². The number of hydrogen-bond donors (Lipinski definition) is 3. The molecule has 0 heterocycles. The number of phosphoric acid groups is 2. The molecule has 616 valence electrons. The molecule has 5 unspecified atom stereocenters. The number of allylic oxidation sites excluding steroid dienone is 26. The van der Waals surface area contributed by atoms with Crippen LogP contribution in [0.3, 0.4) is 0 Å². The number of esters is 4. The van der Waals surface area contributed by atoms with E-state index < -0.39 is 97.5 Å². The molecule has 0 spiro atoms. The summed E-state index contributed by atoms with van der Waals surface area (Å²) in [6.45, 7) is 4.46. The van der Waals surface area contributed by atoms with E-state index in [9.17, 15) is 43.2 Å². The molecule has 0 saturated heterocycles. The minimum atomic E-state index is -5.00. The largest absolute Gasteiger partial charge is 0.472 e. The number of ether oxygens (including phenoxy) is 4. The van der Waals surface area contributed by atoms with Crippen LogP contribution in [0, 0.1) is 0 Å². The van der Waals surface area contributed by atoms with Crippen molar-refractivity contribution in [1.29, 1.82) is 0 Å². The maximum Gasteiger partial charge on any atom is 0.472 e. The zero-order valence-corrected chi connectivity index (χ0v) is 69.3. The van der Waals surface area contributed by atoms with E-state index in [2.05, 4.69) is 186 Å². The Morgan fingerprint density at radius 3 is 0.741 bits per heavy atom. The first-order chi connectivity index (χ1) is 52.7. The molecule has 0 aromatic heterocycles. The third kappa shape index (κ3) is 78.8. The lowest BCUT2D eigenvalue weighted by molar-refractivity contribution is -0.161. The van der Waals surface area contributed by atoms with E-state index in [1.807, 2.05) is 0 Å². The summed E-state index contributed by atoms with van der Waals surface area (Å²) in [5.41, 5.74) is 0. The van der Waals surface area contributed by atoms with Gasteiger partial charge >= 0.3 is 39.5 Å². The highest BCUT2D eigenvalue weighted by Gasteiger charge is 2.30. The van der Waals surface area contributed by atoms with Gasteiger partial charge in [-0.25, -0.2) is 9.13 Å². The summed E-state index contributed by atoms with van der Waals surface area (Å²) in [6, 6.07) is 0. The quantitative estimate of drug-likeness (QED) is 0.0169. The normalized spacial score (nSPS) is 14.6. The van der Waals surface area contributed by atoms with Gasteiger partial charge in [0.15, 0.2) is 12.2 Å². The lowest BCUT2D eigenvalue weighted by atomic mass is 10.1. The predicted octanol–water partition coefficient (Wildman–Crippen LogP) is 24.8. The molecule has 0 aliphatic heterocycles. The number of phosphoric ester groups is 2. The molecule has 108 heavy (non-hydrogen) atoms. The van der Waals surface area contributed by atoms with Crippen molar-refractivity contribution >= 4 is 39.5 Å².